The van der Waals surface area contributed by atoms with Crippen LogP contribution in [0.25, 0.3) is 0 Å². The van der Waals surface area contributed by atoms with Gasteiger partial charge >= 0.3 is 0 Å². The van der Waals surface area contributed by atoms with Crippen LogP contribution in [0, 0.1) is 0 Å². The SMILES string of the molecule is CC1CSCCN1CCCCCC(=O)NN. The van der Waals surface area contributed by atoms with Crippen LogP contribution in [0.15, 0.2) is 0 Å². The highest BCUT2D eigenvalue weighted by Crippen LogP contribution is 2.16. The molecule has 1 fully saturated rings. The van der Waals surface area contributed by atoms with Gasteiger partial charge in [-0.25, -0.2) is 5.84 Å². The van der Waals surface area contributed by atoms with Crippen molar-refractivity contribution < 1.29 is 4.79 Å². The number of amides is 1. The Bertz CT molecular complexity index is 213. The lowest BCUT2D eigenvalue weighted by Crippen LogP contribution is -2.40. The van der Waals surface area contributed by atoms with E-state index < -0.39 is 0 Å². The molecule has 1 heterocycles. The van der Waals surface area contributed by atoms with Crippen LogP contribution in [-0.4, -0.2) is 41.4 Å². The van der Waals surface area contributed by atoms with Crippen molar-refractivity contribution in [1.29, 1.82) is 0 Å². The lowest BCUT2D eigenvalue weighted by atomic mass is 10.1. The monoisotopic (exact) mass is 245 g/mol. The number of nitrogens with one attached hydrogen (secondary N) is 1. The van der Waals surface area contributed by atoms with E-state index in [1.165, 1.54) is 31.0 Å². The number of carbonyl (C=O) groups excluding carboxylic acids is 1. The van der Waals surface area contributed by atoms with Gasteiger partial charge in [0.25, 0.3) is 0 Å². The fourth-order valence-electron chi connectivity index (χ4n) is 1.94. The van der Waals surface area contributed by atoms with Gasteiger partial charge in [0, 0.05) is 30.5 Å². The number of nitrogens with two attached hydrogens (primary N) is 1. The van der Waals surface area contributed by atoms with Gasteiger partial charge in [-0.05, 0) is 26.3 Å². The average molecular weight is 245 g/mol. The minimum absolute atomic E-state index is 0.0530. The molecule has 1 aliphatic heterocycles. The molecule has 5 heteroatoms. The maximum Gasteiger partial charge on any atom is 0.233 e. The predicted octanol–water partition coefficient (Wildman–Crippen LogP) is 0.974. The zero-order valence-corrected chi connectivity index (χ0v) is 10.9. The Morgan fingerprint density at radius 2 is 2.31 bits per heavy atom. The summed E-state index contributed by atoms with van der Waals surface area (Å²) in [5, 5.41) is 0. The van der Waals surface area contributed by atoms with E-state index in [4.69, 9.17) is 5.84 Å². The van der Waals surface area contributed by atoms with Crippen molar-refractivity contribution in [2.75, 3.05) is 24.6 Å². The van der Waals surface area contributed by atoms with Crippen LogP contribution < -0.4 is 11.3 Å². The number of rotatable bonds is 6. The normalized spacial score (nSPS) is 22.0. The minimum Gasteiger partial charge on any atom is -0.299 e. The molecule has 0 saturated carbocycles. The van der Waals surface area contributed by atoms with Crippen molar-refractivity contribution in [2.45, 2.75) is 38.6 Å². The quantitative estimate of drug-likeness (QED) is 0.317. The van der Waals surface area contributed by atoms with Crippen LogP contribution in [0.3, 0.4) is 0 Å². The summed E-state index contributed by atoms with van der Waals surface area (Å²) in [6, 6.07) is 0.714. The molecule has 0 radical (unpaired) electrons. The lowest BCUT2D eigenvalue weighted by Gasteiger charge is -2.32. The van der Waals surface area contributed by atoms with Crippen LogP contribution in [0.4, 0.5) is 0 Å². The molecule has 1 aliphatic rings. The molecule has 1 unspecified atom stereocenters. The Balaban J connectivity index is 1.99. The van der Waals surface area contributed by atoms with Crippen molar-refractivity contribution in [2.24, 2.45) is 5.84 Å². The fourth-order valence-corrected chi connectivity index (χ4v) is 3.03. The summed E-state index contributed by atoms with van der Waals surface area (Å²) in [5.74, 6) is 7.48. The van der Waals surface area contributed by atoms with Gasteiger partial charge in [0.2, 0.25) is 5.91 Å². The zero-order chi connectivity index (χ0) is 11.8. The number of thioether (sulfide) groups is 1. The van der Waals surface area contributed by atoms with Crippen molar-refractivity contribution in [3.05, 3.63) is 0 Å². The molecule has 0 aromatic rings. The number of carbonyl (C=O) groups is 1. The van der Waals surface area contributed by atoms with Gasteiger partial charge in [0.15, 0.2) is 0 Å². The van der Waals surface area contributed by atoms with E-state index in [0.717, 1.165) is 12.8 Å². The molecule has 1 saturated heterocycles. The molecule has 16 heavy (non-hydrogen) atoms. The van der Waals surface area contributed by atoms with Gasteiger partial charge in [0.05, 0.1) is 0 Å². The van der Waals surface area contributed by atoms with Crippen LogP contribution in [-0.2, 0) is 4.79 Å². The number of unbranched alkanes of at least 4 members (excludes halogenated alkanes) is 2. The Morgan fingerprint density at radius 3 is 3.00 bits per heavy atom. The molecule has 1 atom stereocenters. The maximum absolute atomic E-state index is 10.9. The Morgan fingerprint density at radius 1 is 1.50 bits per heavy atom. The summed E-state index contributed by atoms with van der Waals surface area (Å²) in [7, 11) is 0. The lowest BCUT2D eigenvalue weighted by molar-refractivity contribution is -0.121. The third kappa shape index (κ3) is 5.18. The van der Waals surface area contributed by atoms with E-state index >= 15 is 0 Å². The molecule has 0 bridgehead atoms. The van der Waals surface area contributed by atoms with E-state index in [2.05, 4.69) is 17.2 Å². The summed E-state index contributed by atoms with van der Waals surface area (Å²) in [6.45, 7) is 4.69. The summed E-state index contributed by atoms with van der Waals surface area (Å²) in [6.07, 6.45) is 3.80. The van der Waals surface area contributed by atoms with Crippen LogP contribution in [0.5, 0.6) is 0 Å². The van der Waals surface area contributed by atoms with Crippen LogP contribution >= 0.6 is 11.8 Å². The highest BCUT2D eigenvalue weighted by molar-refractivity contribution is 7.99. The summed E-state index contributed by atoms with van der Waals surface area (Å²) in [4.78, 5) is 13.4. The van der Waals surface area contributed by atoms with E-state index in [1.54, 1.807) is 0 Å². The molecule has 0 aromatic carbocycles. The second-order valence-corrected chi connectivity index (χ2v) is 5.49. The third-order valence-electron chi connectivity index (χ3n) is 3.02. The van der Waals surface area contributed by atoms with Crippen molar-refractivity contribution in [3.63, 3.8) is 0 Å². The smallest absolute Gasteiger partial charge is 0.233 e. The topological polar surface area (TPSA) is 58.4 Å². The molecule has 1 amide bonds. The first-order valence-electron chi connectivity index (χ1n) is 6.05. The first-order valence-corrected chi connectivity index (χ1v) is 7.20. The number of hydrogen-bond donors (Lipinski definition) is 2. The zero-order valence-electron chi connectivity index (χ0n) is 10.1. The average Bonchev–Trinajstić information content (AvgIpc) is 2.30. The van der Waals surface area contributed by atoms with Crippen molar-refractivity contribution >= 4 is 17.7 Å². The van der Waals surface area contributed by atoms with Crippen LogP contribution in [0.2, 0.25) is 0 Å². The van der Waals surface area contributed by atoms with E-state index in [0.29, 0.717) is 12.5 Å². The number of nitrogens with zero attached hydrogens (tertiary/aromatic N) is 1. The second-order valence-electron chi connectivity index (χ2n) is 4.34. The summed E-state index contributed by atoms with van der Waals surface area (Å²) >= 11 is 2.05. The molecule has 0 aromatic heterocycles. The van der Waals surface area contributed by atoms with E-state index in [-0.39, 0.29) is 5.91 Å². The first-order chi connectivity index (χ1) is 7.74. The summed E-state index contributed by atoms with van der Waals surface area (Å²) < 4.78 is 0. The molecular weight excluding hydrogens is 222 g/mol. The summed E-state index contributed by atoms with van der Waals surface area (Å²) in [5.41, 5.74) is 2.16. The predicted molar refractivity (Wildman–Crippen MR) is 69.2 cm³/mol. The molecule has 3 N–H and O–H groups in total. The van der Waals surface area contributed by atoms with Gasteiger partial charge < -0.3 is 0 Å². The molecule has 94 valence electrons. The second kappa shape index (κ2) is 7.92. The van der Waals surface area contributed by atoms with Gasteiger partial charge in [0.1, 0.15) is 0 Å². The minimum atomic E-state index is -0.0530. The largest absolute Gasteiger partial charge is 0.299 e. The maximum atomic E-state index is 10.9. The molecular formula is C11H23N3OS. The van der Waals surface area contributed by atoms with Crippen molar-refractivity contribution in [1.82, 2.24) is 10.3 Å². The molecule has 1 rings (SSSR count). The van der Waals surface area contributed by atoms with Gasteiger partial charge in [-0.3, -0.25) is 15.1 Å². The highest BCUT2D eigenvalue weighted by atomic mass is 32.2. The number of hydrogen-bond acceptors (Lipinski definition) is 4. The molecule has 0 spiro atoms. The first kappa shape index (κ1) is 13.8. The molecule has 0 aliphatic carbocycles. The Kier molecular flexibility index (Phi) is 6.84. The van der Waals surface area contributed by atoms with Crippen molar-refractivity contribution in [3.8, 4) is 0 Å². The van der Waals surface area contributed by atoms with Crippen LogP contribution in [0.1, 0.15) is 32.6 Å². The van der Waals surface area contributed by atoms with Gasteiger partial charge in [-0.2, -0.15) is 11.8 Å². The molecule has 4 nitrogen and oxygen atoms in total. The Hall–Kier alpha value is -0.260. The fraction of sp³-hybridized carbons (Fsp3) is 0.909. The third-order valence-corrected chi connectivity index (χ3v) is 4.20. The van der Waals surface area contributed by atoms with E-state index in [1.807, 2.05) is 11.8 Å². The Labute approximate surface area is 102 Å². The van der Waals surface area contributed by atoms with E-state index in [9.17, 15) is 4.79 Å². The highest BCUT2D eigenvalue weighted by Gasteiger charge is 2.17. The standard InChI is InChI=1S/C11H23N3OS/c1-10-9-16-8-7-14(10)6-4-2-3-5-11(15)13-12/h10H,2-9,12H2,1H3,(H,13,15). The number of hydrazine groups is 1. The van der Waals surface area contributed by atoms with Gasteiger partial charge in [-0.15, -0.1) is 0 Å². The van der Waals surface area contributed by atoms with Gasteiger partial charge in [-0.1, -0.05) is 6.42 Å².